The van der Waals surface area contributed by atoms with E-state index in [-0.39, 0.29) is 17.6 Å². The number of para-hydroxylation sites is 1. The van der Waals surface area contributed by atoms with Crippen molar-refractivity contribution in [1.82, 2.24) is 10.2 Å². The van der Waals surface area contributed by atoms with Crippen molar-refractivity contribution >= 4 is 5.91 Å². The number of rotatable bonds is 4. The minimum Gasteiger partial charge on any atom is -0.497 e. The van der Waals surface area contributed by atoms with Crippen LogP contribution in [0.5, 0.6) is 17.2 Å². The van der Waals surface area contributed by atoms with E-state index in [0.717, 1.165) is 43.7 Å². The third-order valence-electron chi connectivity index (χ3n) is 6.05. The van der Waals surface area contributed by atoms with Gasteiger partial charge in [-0.25, -0.2) is 0 Å². The quantitative estimate of drug-likeness (QED) is 0.858. The molecule has 1 N–H and O–H groups in total. The van der Waals surface area contributed by atoms with E-state index in [1.807, 2.05) is 24.3 Å². The van der Waals surface area contributed by atoms with E-state index in [4.69, 9.17) is 14.2 Å². The highest BCUT2D eigenvalue weighted by molar-refractivity contribution is 5.97. The van der Waals surface area contributed by atoms with Crippen LogP contribution in [0.3, 0.4) is 0 Å². The summed E-state index contributed by atoms with van der Waals surface area (Å²) in [6, 6.07) is 13.1. The van der Waals surface area contributed by atoms with Gasteiger partial charge in [0.2, 0.25) is 0 Å². The number of benzene rings is 2. The molecule has 6 nitrogen and oxygen atoms in total. The average molecular weight is 396 g/mol. The van der Waals surface area contributed by atoms with Crippen LogP contribution in [-0.2, 0) is 0 Å². The third-order valence-corrected chi connectivity index (χ3v) is 6.05. The zero-order valence-electron chi connectivity index (χ0n) is 17.2. The third kappa shape index (κ3) is 3.90. The fourth-order valence-corrected chi connectivity index (χ4v) is 4.31. The molecule has 1 amide bonds. The second kappa shape index (κ2) is 7.95. The number of hydrogen-bond acceptors (Lipinski definition) is 5. The summed E-state index contributed by atoms with van der Waals surface area (Å²) in [6.45, 7) is 1.99. The van der Waals surface area contributed by atoms with Crippen molar-refractivity contribution in [3.63, 3.8) is 0 Å². The minimum absolute atomic E-state index is 0.119. The molecule has 0 aromatic heterocycles. The lowest BCUT2D eigenvalue weighted by Crippen LogP contribution is -2.51. The molecule has 2 aromatic carbocycles. The molecule has 2 aromatic rings. The number of fused-ring (bicyclic) bond motifs is 1. The zero-order chi connectivity index (χ0) is 20.4. The van der Waals surface area contributed by atoms with Crippen molar-refractivity contribution in [2.75, 3.05) is 34.4 Å². The van der Waals surface area contributed by atoms with Crippen LogP contribution in [0.25, 0.3) is 0 Å². The standard InChI is InChI=1S/C23H28N2O4/c1-25-12-10-23(11-13-25)15-19(17-6-4-5-7-21(17)29-23)24-22(26)18-14-16(27-2)8-9-20(18)28-3/h4-9,14,19H,10-13,15H2,1-3H3,(H,24,26). The Kier molecular flexibility index (Phi) is 5.37. The molecule has 0 radical (unpaired) electrons. The summed E-state index contributed by atoms with van der Waals surface area (Å²) in [5, 5.41) is 3.23. The predicted molar refractivity (Wildman–Crippen MR) is 111 cm³/mol. The van der Waals surface area contributed by atoms with Crippen LogP contribution in [0.1, 0.15) is 41.2 Å². The molecule has 1 saturated heterocycles. The van der Waals surface area contributed by atoms with Crippen LogP contribution in [0.15, 0.2) is 42.5 Å². The van der Waals surface area contributed by atoms with E-state index >= 15 is 0 Å². The van der Waals surface area contributed by atoms with Gasteiger partial charge in [-0.3, -0.25) is 4.79 Å². The molecule has 1 spiro atoms. The van der Waals surface area contributed by atoms with Gasteiger partial charge in [-0.2, -0.15) is 0 Å². The Morgan fingerprint density at radius 3 is 2.62 bits per heavy atom. The summed E-state index contributed by atoms with van der Waals surface area (Å²) in [6.07, 6.45) is 2.66. The largest absolute Gasteiger partial charge is 0.497 e. The first-order chi connectivity index (χ1) is 14.0. The molecule has 0 aliphatic carbocycles. The lowest BCUT2D eigenvalue weighted by atomic mass is 9.80. The van der Waals surface area contributed by atoms with Crippen LogP contribution < -0.4 is 19.5 Å². The van der Waals surface area contributed by atoms with E-state index in [1.54, 1.807) is 32.4 Å². The molecule has 1 atom stereocenters. The normalized spacial score (nSPS) is 20.4. The molecule has 6 heteroatoms. The summed E-state index contributed by atoms with van der Waals surface area (Å²) >= 11 is 0. The van der Waals surface area contributed by atoms with Crippen LogP contribution >= 0.6 is 0 Å². The molecule has 154 valence electrons. The summed E-state index contributed by atoms with van der Waals surface area (Å²) in [5.74, 6) is 1.84. The first kappa shape index (κ1) is 19.6. The number of piperidine rings is 1. The Balaban J connectivity index is 1.63. The van der Waals surface area contributed by atoms with Gasteiger partial charge in [0.15, 0.2) is 0 Å². The second-order valence-electron chi connectivity index (χ2n) is 7.92. The van der Waals surface area contributed by atoms with Gasteiger partial charge >= 0.3 is 0 Å². The number of nitrogens with one attached hydrogen (secondary N) is 1. The number of amides is 1. The molecular formula is C23H28N2O4. The smallest absolute Gasteiger partial charge is 0.255 e. The number of carbonyl (C=O) groups is 1. The Hall–Kier alpha value is -2.73. The van der Waals surface area contributed by atoms with Crippen molar-refractivity contribution in [3.05, 3.63) is 53.6 Å². The molecule has 1 unspecified atom stereocenters. The summed E-state index contributed by atoms with van der Waals surface area (Å²) < 4.78 is 17.2. The summed E-state index contributed by atoms with van der Waals surface area (Å²) in [4.78, 5) is 15.5. The van der Waals surface area contributed by atoms with Crippen molar-refractivity contribution < 1.29 is 19.0 Å². The maximum absolute atomic E-state index is 13.2. The average Bonchev–Trinajstić information content (AvgIpc) is 2.75. The fraction of sp³-hybridized carbons (Fsp3) is 0.435. The highest BCUT2D eigenvalue weighted by Crippen LogP contribution is 2.44. The van der Waals surface area contributed by atoms with E-state index in [2.05, 4.69) is 17.3 Å². The number of carbonyl (C=O) groups excluding carboxylic acids is 1. The number of methoxy groups -OCH3 is 2. The van der Waals surface area contributed by atoms with Gasteiger partial charge in [0, 0.05) is 25.1 Å². The molecule has 0 bridgehead atoms. The molecule has 2 aliphatic rings. The lowest BCUT2D eigenvalue weighted by molar-refractivity contribution is -0.0195. The Bertz CT molecular complexity index is 890. The number of ether oxygens (including phenoxy) is 3. The Morgan fingerprint density at radius 2 is 1.90 bits per heavy atom. The van der Waals surface area contributed by atoms with Gasteiger partial charge in [0.25, 0.3) is 5.91 Å². The van der Waals surface area contributed by atoms with E-state index < -0.39 is 0 Å². The number of likely N-dealkylation sites (tertiary alicyclic amines) is 1. The molecule has 0 saturated carbocycles. The molecule has 4 rings (SSSR count). The first-order valence-electron chi connectivity index (χ1n) is 10.0. The number of hydrogen-bond donors (Lipinski definition) is 1. The maximum Gasteiger partial charge on any atom is 0.255 e. The molecular weight excluding hydrogens is 368 g/mol. The Labute approximate surface area is 171 Å². The topological polar surface area (TPSA) is 60.0 Å². The maximum atomic E-state index is 13.2. The monoisotopic (exact) mass is 396 g/mol. The highest BCUT2D eigenvalue weighted by Gasteiger charge is 2.43. The Morgan fingerprint density at radius 1 is 1.14 bits per heavy atom. The first-order valence-corrected chi connectivity index (χ1v) is 10.0. The van der Waals surface area contributed by atoms with Crippen molar-refractivity contribution in [2.24, 2.45) is 0 Å². The molecule has 29 heavy (non-hydrogen) atoms. The van der Waals surface area contributed by atoms with Gasteiger partial charge in [-0.1, -0.05) is 18.2 Å². The van der Waals surface area contributed by atoms with E-state index in [1.165, 1.54) is 0 Å². The summed E-state index contributed by atoms with van der Waals surface area (Å²) in [5.41, 5.74) is 1.25. The molecule has 2 heterocycles. The second-order valence-corrected chi connectivity index (χ2v) is 7.92. The van der Waals surface area contributed by atoms with Crippen LogP contribution in [0.4, 0.5) is 0 Å². The SMILES string of the molecule is COc1ccc(OC)c(C(=O)NC2CC3(CCN(C)CC3)Oc3ccccc32)c1. The van der Waals surface area contributed by atoms with Crippen molar-refractivity contribution in [1.29, 1.82) is 0 Å². The fourth-order valence-electron chi connectivity index (χ4n) is 4.31. The van der Waals surface area contributed by atoms with Crippen LogP contribution in [-0.4, -0.2) is 50.8 Å². The van der Waals surface area contributed by atoms with Gasteiger partial charge < -0.3 is 24.4 Å². The molecule has 2 aliphatic heterocycles. The predicted octanol–water partition coefficient (Wildman–Crippen LogP) is 3.42. The van der Waals surface area contributed by atoms with Gasteiger partial charge in [0.1, 0.15) is 22.8 Å². The van der Waals surface area contributed by atoms with Gasteiger partial charge in [-0.15, -0.1) is 0 Å². The molecule has 1 fully saturated rings. The summed E-state index contributed by atoms with van der Waals surface area (Å²) in [7, 11) is 5.29. The zero-order valence-corrected chi connectivity index (χ0v) is 17.2. The van der Waals surface area contributed by atoms with E-state index in [9.17, 15) is 4.79 Å². The van der Waals surface area contributed by atoms with Gasteiger partial charge in [-0.05, 0) is 44.2 Å². The minimum atomic E-state index is -0.239. The van der Waals surface area contributed by atoms with Gasteiger partial charge in [0.05, 0.1) is 25.8 Å². The lowest BCUT2D eigenvalue weighted by Gasteiger charge is -2.46. The van der Waals surface area contributed by atoms with Crippen LogP contribution in [0, 0.1) is 0 Å². The van der Waals surface area contributed by atoms with Crippen LogP contribution in [0.2, 0.25) is 0 Å². The van der Waals surface area contributed by atoms with Crippen molar-refractivity contribution in [2.45, 2.75) is 30.9 Å². The highest BCUT2D eigenvalue weighted by atomic mass is 16.5. The number of nitrogens with zero attached hydrogens (tertiary/aromatic N) is 1. The van der Waals surface area contributed by atoms with Crippen molar-refractivity contribution in [3.8, 4) is 17.2 Å². The van der Waals surface area contributed by atoms with E-state index in [0.29, 0.717) is 17.1 Å².